The second-order valence-electron chi connectivity index (χ2n) is 9.89. The molecule has 40 heavy (non-hydrogen) atoms. The standard InChI is InChI=1S/C11H11N3O.C11H17N3S.C7H13F2N/c1-8-3-5-9(6-4-8)11-12-10(7-15)14(2)13-11;1-8(2)9-6-4-5-7-10(9)13-11(15)14-12-3;1-10-6-2-4-7(8,9)5-3-6/h3-7H,1-2H3;4-8,12H,1-3H3,(H2,13,14,15);6,10H,2-5H2,1H3. The Labute approximate surface area is 241 Å². The predicted octanol–water partition coefficient (Wildman–Crippen LogP) is 5.62. The van der Waals surface area contributed by atoms with Crippen LogP contribution in [0.15, 0.2) is 48.5 Å². The Hall–Kier alpha value is -3.28. The van der Waals surface area contributed by atoms with Crippen molar-refractivity contribution in [2.75, 3.05) is 19.4 Å². The Morgan fingerprint density at radius 3 is 2.25 bits per heavy atom. The van der Waals surface area contributed by atoms with E-state index in [0.717, 1.165) is 11.3 Å². The van der Waals surface area contributed by atoms with Gasteiger partial charge in [0, 0.05) is 44.2 Å². The van der Waals surface area contributed by atoms with Crippen LogP contribution in [0.2, 0.25) is 0 Å². The highest BCUT2D eigenvalue weighted by atomic mass is 32.1. The zero-order valence-corrected chi connectivity index (χ0v) is 24.9. The van der Waals surface area contributed by atoms with Gasteiger partial charge < -0.3 is 10.6 Å². The summed E-state index contributed by atoms with van der Waals surface area (Å²) < 4.78 is 26.4. The van der Waals surface area contributed by atoms with Gasteiger partial charge in [-0.25, -0.2) is 23.9 Å². The van der Waals surface area contributed by atoms with Crippen molar-refractivity contribution in [2.45, 2.75) is 64.3 Å². The Balaban J connectivity index is 0.000000215. The number of alkyl halides is 2. The van der Waals surface area contributed by atoms with Crippen molar-refractivity contribution < 1.29 is 13.6 Å². The molecule has 4 N–H and O–H groups in total. The number of aromatic nitrogens is 3. The number of aldehydes is 1. The number of hydrogen-bond donors (Lipinski definition) is 4. The highest BCUT2D eigenvalue weighted by Gasteiger charge is 2.34. The predicted molar refractivity (Wildman–Crippen MR) is 162 cm³/mol. The van der Waals surface area contributed by atoms with Crippen molar-refractivity contribution >= 4 is 29.3 Å². The number of anilines is 1. The summed E-state index contributed by atoms with van der Waals surface area (Å²) in [6.45, 7) is 6.34. The van der Waals surface area contributed by atoms with Crippen molar-refractivity contribution in [2.24, 2.45) is 7.05 Å². The highest BCUT2D eigenvalue weighted by Crippen LogP contribution is 2.32. The Bertz CT molecular complexity index is 1210. The van der Waals surface area contributed by atoms with Crippen LogP contribution in [-0.4, -0.2) is 52.2 Å². The maximum atomic E-state index is 12.5. The fourth-order valence-corrected chi connectivity index (χ4v) is 4.25. The number of thiocarbonyl (C=S) groups is 1. The lowest BCUT2D eigenvalue weighted by Gasteiger charge is -2.27. The van der Waals surface area contributed by atoms with E-state index in [2.05, 4.69) is 51.5 Å². The van der Waals surface area contributed by atoms with E-state index in [1.807, 2.05) is 56.4 Å². The molecule has 0 amide bonds. The van der Waals surface area contributed by atoms with Crippen LogP contribution in [0.4, 0.5) is 14.5 Å². The largest absolute Gasteiger partial charge is 0.331 e. The van der Waals surface area contributed by atoms with Gasteiger partial charge in [0.15, 0.2) is 23.0 Å². The summed E-state index contributed by atoms with van der Waals surface area (Å²) >= 11 is 5.10. The van der Waals surface area contributed by atoms with Crippen LogP contribution in [0.3, 0.4) is 0 Å². The smallest absolute Gasteiger partial charge is 0.248 e. The van der Waals surface area contributed by atoms with Crippen molar-refractivity contribution in [1.29, 1.82) is 0 Å². The molecule has 1 aliphatic rings. The quantitative estimate of drug-likeness (QED) is 0.172. The van der Waals surface area contributed by atoms with E-state index in [0.29, 0.717) is 47.8 Å². The van der Waals surface area contributed by atoms with Gasteiger partial charge >= 0.3 is 0 Å². The number of para-hydroxylation sites is 1. The van der Waals surface area contributed by atoms with E-state index in [1.165, 1.54) is 15.8 Å². The minimum absolute atomic E-state index is 0.0541. The van der Waals surface area contributed by atoms with Crippen LogP contribution in [-0.2, 0) is 7.05 Å². The molecule has 1 heterocycles. The second-order valence-corrected chi connectivity index (χ2v) is 10.3. The summed E-state index contributed by atoms with van der Waals surface area (Å²) in [4.78, 5) is 14.7. The number of halogens is 2. The molecule has 0 unspecified atom stereocenters. The molecule has 0 saturated heterocycles. The molecule has 0 atom stereocenters. The van der Waals surface area contributed by atoms with Gasteiger partial charge in [0.2, 0.25) is 5.92 Å². The second kappa shape index (κ2) is 16.1. The molecule has 8 nitrogen and oxygen atoms in total. The first kappa shape index (κ1) is 32.9. The van der Waals surface area contributed by atoms with Crippen LogP contribution in [0.25, 0.3) is 11.4 Å². The van der Waals surface area contributed by atoms with Gasteiger partial charge in [0.25, 0.3) is 0 Å². The van der Waals surface area contributed by atoms with Crippen molar-refractivity contribution in [1.82, 2.24) is 30.9 Å². The highest BCUT2D eigenvalue weighted by molar-refractivity contribution is 7.80. The van der Waals surface area contributed by atoms with Crippen LogP contribution >= 0.6 is 12.2 Å². The zero-order valence-electron chi connectivity index (χ0n) is 24.1. The summed E-state index contributed by atoms with van der Waals surface area (Å²) in [7, 11) is 5.31. The summed E-state index contributed by atoms with van der Waals surface area (Å²) in [6.07, 6.45) is 2.04. The fourth-order valence-electron chi connectivity index (χ4n) is 4.03. The molecule has 2 aromatic carbocycles. The van der Waals surface area contributed by atoms with E-state index in [1.54, 1.807) is 14.1 Å². The fraction of sp³-hybridized carbons (Fsp3) is 0.448. The molecule has 218 valence electrons. The molecular formula is C29H41F2N7OS. The molecule has 0 spiro atoms. The van der Waals surface area contributed by atoms with Gasteiger partial charge in [-0.2, -0.15) is 5.10 Å². The van der Waals surface area contributed by atoms with E-state index in [4.69, 9.17) is 12.2 Å². The third-order valence-corrected chi connectivity index (χ3v) is 6.61. The monoisotopic (exact) mass is 573 g/mol. The maximum Gasteiger partial charge on any atom is 0.248 e. The van der Waals surface area contributed by atoms with E-state index < -0.39 is 5.92 Å². The summed E-state index contributed by atoms with van der Waals surface area (Å²) in [5, 5.41) is 10.9. The first-order valence-corrected chi connectivity index (χ1v) is 13.7. The van der Waals surface area contributed by atoms with E-state index >= 15 is 0 Å². The average Bonchev–Trinajstić information content (AvgIpc) is 3.30. The van der Waals surface area contributed by atoms with Crippen molar-refractivity contribution in [3.63, 3.8) is 0 Å². The van der Waals surface area contributed by atoms with Crippen molar-refractivity contribution in [3.8, 4) is 11.4 Å². The number of hydrogen-bond acceptors (Lipinski definition) is 6. The van der Waals surface area contributed by atoms with Crippen molar-refractivity contribution in [3.05, 3.63) is 65.5 Å². The Morgan fingerprint density at radius 2 is 1.73 bits per heavy atom. The van der Waals surface area contributed by atoms with E-state index in [9.17, 15) is 13.6 Å². The molecule has 11 heteroatoms. The number of carbonyl (C=O) groups is 1. The average molecular weight is 574 g/mol. The molecule has 1 fully saturated rings. The molecule has 0 bridgehead atoms. The number of nitrogens with zero attached hydrogens (tertiary/aromatic N) is 3. The first-order valence-electron chi connectivity index (χ1n) is 13.3. The van der Waals surface area contributed by atoms with Gasteiger partial charge in [-0.3, -0.25) is 10.2 Å². The zero-order chi connectivity index (χ0) is 29.7. The summed E-state index contributed by atoms with van der Waals surface area (Å²) in [5.41, 5.74) is 10.0. The van der Waals surface area contributed by atoms with Gasteiger partial charge in [0.05, 0.1) is 0 Å². The first-order chi connectivity index (χ1) is 19.0. The molecule has 4 rings (SSSR count). The van der Waals surface area contributed by atoms with E-state index in [-0.39, 0.29) is 12.8 Å². The third kappa shape index (κ3) is 10.7. The minimum Gasteiger partial charge on any atom is -0.331 e. The Morgan fingerprint density at radius 1 is 1.10 bits per heavy atom. The third-order valence-electron chi connectivity index (χ3n) is 6.41. The normalized spacial score (nSPS) is 14.3. The van der Waals surface area contributed by atoms with Gasteiger partial charge in [0.1, 0.15) is 0 Å². The molecule has 0 radical (unpaired) electrons. The number of aryl methyl sites for hydroxylation is 2. The number of rotatable bonds is 6. The lowest BCUT2D eigenvalue weighted by atomic mass is 9.92. The lowest BCUT2D eigenvalue weighted by molar-refractivity contribution is -0.0398. The number of benzene rings is 2. The molecule has 1 saturated carbocycles. The van der Waals surface area contributed by atoms with Crippen LogP contribution < -0.4 is 21.5 Å². The number of nitrogens with one attached hydrogen (secondary N) is 4. The van der Waals surface area contributed by atoms with Crippen LogP contribution in [0, 0.1) is 6.92 Å². The maximum absolute atomic E-state index is 12.5. The molecule has 0 aliphatic heterocycles. The Kier molecular flexibility index (Phi) is 13.3. The minimum atomic E-state index is -2.38. The topological polar surface area (TPSA) is 95.9 Å². The number of carbonyl (C=O) groups excluding carboxylic acids is 1. The summed E-state index contributed by atoms with van der Waals surface area (Å²) in [6, 6.07) is 16.4. The van der Waals surface area contributed by atoms with Gasteiger partial charge in [-0.05, 0) is 56.6 Å². The number of hydrazine groups is 1. The van der Waals surface area contributed by atoms with Gasteiger partial charge in [-0.1, -0.05) is 61.9 Å². The molecular weight excluding hydrogens is 532 g/mol. The summed E-state index contributed by atoms with van der Waals surface area (Å²) in [5.74, 6) is -0.982. The molecule has 1 aliphatic carbocycles. The lowest BCUT2D eigenvalue weighted by Crippen LogP contribution is -2.37. The SMILES string of the molecule is CNC1CCC(F)(F)CC1.CNNC(=S)Nc1ccccc1C(C)C.Cc1ccc(-c2nc(C=O)n(C)n2)cc1. The molecule has 3 aromatic rings. The van der Waals surface area contributed by atoms with Crippen LogP contribution in [0.1, 0.15) is 67.2 Å². The van der Waals surface area contributed by atoms with Crippen LogP contribution in [0.5, 0.6) is 0 Å². The molecule has 1 aromatic heterocycles. The van der Waals surface area contributed by atoms with Gasteiger partial charge in [-0.15, -0.1) is 0 Å².